The molecule has 0 aliphatic carbocycles. The topological polar surface area (TPSA) is 112 Å². The number of phenolic OH excluding ortho intramolecular Hbond substituents is 1. The average Bonchev–Trinajstić information content (AvgIpc) is 2.70. The third-order valence-electron chi connectivity index (χ3n) is 3.54. The van der Waals surface area contributed by atoms with Crippen molar-refractivity contribution in [2.24, 2.45) is 15.3 Å². The largest absolute Gasteiger partial charge is 0.506 e. The smallest absolute Gasteiger partial charge is 0.269 e. The van der Waals surface area contributed by atoms with Crippen LogP contribution in [0.4, 0.5) is 17.1 Å². The van der Waals surface area contributed by atoms with Crippen LogP contribution in [0.1, 0.15) is 5.56 Å². The molecule has 8 nitrogen and oxygen atoms in total. The minimum Gasteiger partial charge on any atom is -0.506 e. The second-order valence-electron chi connectivity index (χ2n) is 5.41. The molecule has 0 heterocycles. The molecule has 0 saturated heterocycles. The van der Waals surface area contributed by atoms with E-state index < -0.39 is 4.92 Å². The lowest BCUT2D eigenvalue weighted by molar-refractivity contribution is -0.384. The van der Waals surface area contributed by atoms with Gasteiger partial charge >= 0.3 is 0 Å². The lowest BCUT2D eigenvalue weighted by Gasteiger charge is -2.03. The highest BCUT2D eigenvalue weighted by atomic mass is 16.6. The molecule has 134 valence electrons. The number of aromatic hydroxyl groups is 1. The first-order valence-electron chi connectivity index (χ1n) is 7.97. The van der Waals surface area contributed by atoms with Crippen molar-refractivity contribution in [2.45, 2.75) is 0 Å². The summed E-state index contributed by atoms with van der Waals surface area (Å²) in [5.74, 6) is 0.192. The van der Waals surface area contributed by atoms with Crippen molar-refractivity contribution in [3.63, 3.8) is 0 Å². The van der Waals surface area contributed by atoms with Gasteiger partial charge in [-0.3, -0.25) is 15.5 Å². The summed E-state index contributed by atoms with van der Waals surface area (Å²) in [5, 5.41) is 33.0. The average molecular weight is 361 g/mol. The lowest BCUT2D eigenvalue weighted by Crippen LogP contribution is -2.01. The third-order valence-corrected chi connectivity index (χ3v) is 3.54. The van der Waals surface area contributed by atoms with Gasteiger partial charge in [-0.2, -0.15) is 5.10 Å². The Morgan fingerprint density at radius 2 is 1.59 bits per heavy atom. The number of nitro groups is 1. The van der Waals surface area contributed by atoms with Gasteiger partial charge in [0.05, 0.1) is 10.6 Å². The zero-order valence-electron chi connectivity index (χ0n) is 14.1. The molecule has 0 bridgehead atoms. The molecule has 0 fully saturated rings. The number of azo groups is 1. The van der Waals surface area contributed by atoms with E-state index in [4.69, 9.17) is 0 Å². The molecule has 0 aromatic heterocycles. The van der Waals surface area contributed by atoms with Crippen molar-refractivity contribution in [3.8, 4) is 5.75 Å². The molecule has 0 amide bonds. The lowest BCUT2D eigenvalue weighted by atomic mass is 10.2. The fraction of sp³-hybridized carbons (Fsp3) is 0. The SMILES string of the molecule is O=[N+]([O-])c1ccc(C(N=Nc2ccccc2O)=NNc2ccccc2)cc1. The number of phenols is 1. The molecule has 0 aliphatic heterocycles. The number of nitro benzene ring substituents is 1. The Morgan fingerprint density at radius 1 is 0.926 bits per heavy atom. The minimum atomic E-state index is -0.480. The molecule has 0 radical (unpaired) electrons. The van der Waals surface area contributed by atoms with E-state index in [1.807, 2.05) is 30.3 Å². The fourth-order valence-electron chi connectivity index (χ4n) is 2.16. The number of hydrogen-bond acceptors (Lipinski definition) is 6. The van der Waals surface area contributed by atoms with Crippen LogP contribution >= 0.6 is 0 Å². The Labute approximate surface area is 154 Å². The Kier molecular flexibility index (Phi) is 5.48. The number of rotatable bonds is 5. The third kappa shape index (κ3) is 4.73. The molecule has 3 aromatic rings. The second kappa shape index (κ2) is 8.34. The number of hydrazone groups is 1. The van der Waals surface area contributed by atoms with Crippen LogP contribution in [-0.4, -0.2) is 15.9 Å². The molecule has 0 spiro atoms. The first kappa shape index (κ1) is 17.7. The van der Waals surface area contributed by atoms with Gasteiger partial charge in [-0.05, 0) is 36.4 Å². The van der Waals surface area contributed by atoms with Gasteiger partial charge in [-0.25, -0.2) is 0 Å². The van der Waals surface area contributed by atoms with Gasteiger partial charge in [-0.15, -0.1) is 10.2 Å². The number of benzene rings is 3. The summed E-state index contributed by atoms with van der Waals surface area (Å²) in [4.78, 5) is 10.4. The second-order valence-corrected chi connectivity index (χ2v) is 5.41. The van der Waals surface area contributed by atoms with Crippen molar-refractivity contribution in [1.82, 2.24) is 0 Å². The van der Waals surface area contributed by atoms with E-state index in [9.17, 15) is 15.2 Å². The van der Waals surface area contributed by atoms with Gasteiger partial charge in [0.1, 0.15) is 11.4 Å². The summed E-state index contributed by atoms with van der Waals surface area (Å²) < 4.78 is 0. The van der Waals surface area contributed by atoms with Crippen LogP contribution in [0, 0.1) is 10.1 Å². The van der Waals surface area contributed by atoms with Crippen molar-refractivity contribution >= 4 is 22.9 Å². The van der Waals surface area contributed by atoms with E-state index in [2.05, 4.69) is 20.8 Å². The molecule has 3 aromatic carbocycles. The summed E-state index contributed by atoms with van der Waals surface area (Å²) in [6.07, 6.45) is 0. The first-order valence-corrected chi connectivity index (χ1v) is 7.97. The normalized spacial score (nSPS) is 11.5. The zero-order chi connectivity index (χ0) is 19.1. The van der Waals surface area contributed by atoms with E-state index in [0.29, 0.717) is 5.56 Å². The van der Waals surface area contributed by atoms with Gasteiger partial charge < -0.3 is 5.11 Å². The summed E-state index contributed by atoms with van der Waals surface area (Å²) in [6, 6.07) is 21.6. The summed E-state index contributed by atoms with van der Waals surface area (Å²) in [7, 11) is 0. The predicted molar refractivity (Wildman–Crippen MR) is 102 cm³/mol. The number of amidine groups is 1. The molecule has 0 aliphatic rings. The summed E-state index contributed by atoms with van der Waals surface area (Å²) in [5.41, 5.74) is 4.39. The zero-order valence-corrected chi connectivity index (χ0v) is 14.1. The maximum Gasteiger partial charge on any atom is 0.269 e. The highest BCUT2D eigenvalue weighted by Crippen LogP contribution is 2.25. The van der Waals surface area contributed by atoms with E-state index in [0.717, 1.165) is 5.69 Å². The van der Waals surface area contributed by atoms with Gasteiger partial charge in [0.25, 0.3) is 5.69 Å². The minimum absolute atomic E-state index is 0.0136. The van der Waals surface area contributed by atoms with E-state index in [-0.39, 0.29) is 23.0 Å². The predicted octanol–water partition coefficient (Wildman–Crippen LogP) is 4.86. The molecule has 3 rings (SSSR count). The van der Waals surface area contributed by atoms with Crippen molar-refractivity contribution < 1.29 is 10.0 Å². The maximum absolute atomic E-state index is 10.8. The quantitative estimate of drug-likeness (QED) is 0.222. The van der Waals surface area contributed by atoms with Crippen LogP contribution in [0.3, 0.4) is 0 Å². The Balaban J connectivity index is 1.93. The molecule has 2 N–H and O–H groups in total. The highest BCUT2D eigenvalue weighted by molar-refractivity contribution is 5.99. The van der Waals surface area contributed by atoms with E-state index in [1.54, 1.807) is 18.2 Å². The van der Waals surface area contributed by atoms with E-state index in [1.165, 1.54) is 30.3 Å². The molecule has 8 heteroatoms. The number of anilines is 1. The number of nitrogens with zero attached hydrogens (tertiary/aromatic N) is 4. The van der Waals surface area contributed by atoms with Crippen LogP contribution < -0.4 is 5.43 Å². The van der Waals surface area contributed by atoms with Crippen molar-refractivity contribution in [1.29, 1.82) is 0 Å². The van der Waals surface area contributed by atoms with Gasteiger partial charge in [0, 0.05) is 17.7 Å². The van der Waals surface area contributed by atoms with Crippen LogP contribution in [0.25, 0.3) is 0 Å². The van der Waals surface area contributed by atoms with Crippen LogP contribution in [0.5, 0.6) is 5.75 Å². The first-order chi connectivity index (χ1) is 13.1. The Morgan fingerprint density at radius 3 is 2.26 bits per heavy atom. The van der Waals surface area contributed by atoms with Gasteiger partial charge in [0.2, 0.25) is 5.84 Å². The van der Waals surface area contributed by atoms with Crippen LogP contribution in [0.2, 0.25) is 0 Å². The number of non-ortho nitro benzene ring substituents is 1. The maximum atomic E-state index is 10.8. The monoisotopic (exact) mass is 361 g/mol. The molecule has 0 saturated carbocycles. The summed E-state index contributed by atoms with van der Waals surface area (Å²) in [6.45, 7) is 0. The molecular weight excluding hydrogens is 346 g/mol. The van der Waals surface area contributed by atoms with Gasteiger partial charge in [-0.1, -0.05) is 30.3 Å². The van der Waals surface area contributed by atoms with Crippen LogP contribution in [0.15, 0.2) is 94.2 Å². The number of hydrogen-bond donors (Lipinski definition) is 2. The van der Waals surface area contributed by atoms with Crippen LogP contribution in [-0.2, 0) is 0 Å². The molecule has 0 atom stereocenters. The van der Waals surface area contributed by atoms with E-state index >= 15 is 0 Å². The fourth-order valence-corrected chi connectivity index (χ4v) is 2.16. The molecular formula is C19H15N5O3. The molecule has 0 unspecified atom stereocenters. The Bertz CT molecular complexity index is 986. The van der Waals surface area contributed by atoms with Crippen molar-refractivity contribution in [2.75, 3.05) is 5.43 Å². The van der Waals surface area contributed by atoms with Crippen molar-refractivity contribution in [3.05, 3.63) is 94.5 Å². The highest BCUT2D eigenvalue weighted by Gasteiger charge is 2.09. The number of nitrogens with one attached hydrogen (secondary N) is 1. The Hall–Kier alpha value is -4.07. The standard InChI is InChI=1S/C19H15N5O3/c25-18-9-5-4-8-17(18)21-23-19(22-20-15-6-2-1-3-7-15)14-10-12-16(13-11-14)24(26)27/h1-13,20,25H. The number of para-hydroxylation sites is 2. The summed E-state index contributed by atoms with van der Waals surface area (Å²) >= 11 is 0. The molecule has 27 heavy (non-hydrogen) atoms. The van der Waals surface area contributed by atoms with Gasteiger partial charge in [0.15, 0.2) is 0 Å².